The van der Waals surface area contributed by atoms with Gasteiger partial charge in [0.15, 0.2) is 0 Å². The molecule has 1 atom stereocenters. The van der Waals surface area contributed by atoms with Crippen molar-refractivity contribution in [1.82, 2.24) is 5.32 Å². The van der Waals surface area contributed by atoms with Crippen LogP contribution in [0.15, 0.2) is 60.7 Å². The van der Waals surface area contributed by atoms with Crippen LogP contribution in [0.25, 0.3) is 10.8 Å². The van der Waals surface area contributed by atoms with Gasteiger partial charge in [-0.1, -0.05) is 48.5 Å². The number of ether oxygens (including phenoxy) is 1. The number of hydrogen-bond donors (Lipinski definition) is 2. The van der Waals surface area contributed by atoms with Gasteiger partial charge in [-0.15, -0.1) is 0 Å². The number of rotatable bonds is 4. The van der Waals surface area contributed by atoms with E-state index in [4.69, 9.17) is 4.74 Å². The van der Waals surface area contributed by atoms with Crippen LogP contribution in [0.5, 0.6) is 11.5 Å². The van der Waals surface area contributed by atoms with Gasteiger partial charge in [0, 0.05) is 18.1 Å². The average molecular weight is 321 g/mol. The molecule has 0 heterocycles. The molecule has 3 rings (SSSR count). The Bertz CT molecular complexity index is 889. The van der Waals surface area contributed by atoms with Gasteiger partial charge in [-0.25, -0.2) is 0 Å². The minimum Gasteiger partial charge on any atom is -0.508 e. The second-order valence-corrected chi connectivity index (χ2v) is 5.59. The van der Waals surface area contributed by atoms with Gasteiger partial charge >= 0.3 is 0 Å². The van der Waals surface area contributed by atoms with E-state index in [9.17, 15) is 9.90 Å². The van der Waals surface area contributed by atoms with E-state index in [-0.39, 0.29) is 11.7 Å². The number of carbonyl (C=O) groups is 1. The van der Waals surface area contributed by atoms with E-state index in [1.165, 1.54) is 6.92 Å². The quantitative estimate of drug-likeness (QED) is 0.769. The molecule has 2 N–H and O–H groups in total. The highest BCUT2D eigenvalue weighted by atomic mass is 16.5. The van der Waals surface area contributed by atoms with E-state index in [1.807, 2.05) is 54.6 Å². The molecule has 1 amide bonds. The van der Waals surface area contributed by atoms with Crippen molar-refractivity contribution >= 4 is 16.7 Å². The van der Waals surface area contributed by atoms with Crippen molar-refractivity contribution < 1.29 is 14.6 Å². The van der Waals surface area contributed by atoms with Gasteiger partial charge in [0.2, 0.25) is 5.91 Å². The number of para-hydroxylation sites is 1. The molecule has 0 aromatic heterocycles. The fourth-order valence-electron chi connectivity index (χ4n) is 3.00. The van der Waals surface area contributed by atoms with Crippen molar-refractivity contribution in [3.05, 3.63) is 71.8 Å². The predicted octanol–water partition coefficient (Wildman–Crippen LogP) is 3.78. The van der Waals surface area contributed by atoms with Gasteiger partial charge in [-0.3, -0.25) is 4.79 Å². The van der Waals surface area contributed by atoms with Crippen LogP contribution in [0, 0.1) is 0 Å². The number of fused-ring (bicyclic) bond motifs is 1. The first kappa shape index (κ1) is 15.9. The van der Waals surface area contributed by atoms with Gasteiger partial charge in [0.1, 0.15) is 11.5 Å². The molecule has 0 fully saturated rings. The molecule has 0 bridgehead atoms. The summed E-state index contributed by atoms with van der Waals surface area (Å²) in [6.07, 6.45) is 0. The first-order valence-corrected chi connectivity index (χ1v) is 7.72. The van der Waals surface area contributed by atoms with Crippen molar-refractivity contribution in [1.29, 1.82) is 0 Å². The van der Waals surface area contributed by atoms with Gasteiger partial charge in [-0.05, 0) is 22.9 Å². The smallest absolute Gasteiger partial charge is 0.217 e. The second kappa shape index (κ2) is 6.62. The largest absolute Gasteiger partial charge is 0.508 e. The van der Waals surface area contributed by atoms with Crippen LogP contribution < -0.4 is 10.1 Å². The van der Waals surface area contributed by atoms with Crippen LogP contribution in [0.4, 0.5) is 0 Å². The Balaban J connectivity index is 2.28. The van der Waals surface area contributed by atoms with E-state index in [0.717, 1.165) is 16.3 Å². The normalized spacial score (nSPS) is 11.9. The fourth-order valence-corrected chi connectivity index (χ4v) is 3.00. The number of aromatic hydroxyl groups is 1. The topological polar surface area (TPSA) is 58.6 Å². The summed E-state index contributed by atoms with van der Waals surface area (Å²) in [6, 6.07) is 18.3. The lowest BCUT2D eigenvalue weighted by Crippen LogP contribution is -2.27. The van der Waals surface area contributed by atoms with E-state index in [1.54, 1.807) is 13.2 Å². The lowest BCUT2D eigenvalue weighted by atomic mass is 9.92. The molecule has 0 saturated heterocycles. The molecule has 4 nitrogen and oxygen atoms in total. The first-order chi connectivity index (χ1) is 11.6. The van der Waals surface area contributed by atoms with Crippen LogP contribution in [0.1, 0.15) is 24.1 Å². The van der Waals surface area contributed by atoms with Crippen LogP contribution in [-0.4, -0.2) is 18.1 Å². The molecule has 0 unspecified atom stereocenters. The van der Waals surface area contributed by atoms with Crippen LogP contribution in [0.3, 0.4) is 0 Å². The lowest BCUT2D eigenvalue weighted by Gasteiger charge is -2.23. The van der Waals surface area contributed by atoms with Gasteiger partial charge in [-0.2, -0.15) is 0 Å². The molecule has 4 heteroatoms. The third-order valence-corrected chi connectivity index (χ3v) is 4.03. The number of methoxy groups -OCH3 is 1. The summed E-state index contributed by atoms with van der Waals surface area (Å²) in [5.74, 6) is 0.611. The molecule has 0 aliphatic heterocycles. The zero-order valence-corrected chi connectivity index (χ0v) is 13.6. The summed E-state index contributed by atoms with van der Waals surface area (Å²) >= 11 is 0. The summed E-state index contributed by atoms with van der Waals surface area (Å²) in [5, 5.41) is 15.4. The zero-order valence-electron chi connectivity index (χ0n) is 13.6. The molecule has 0 saturated carbocycles. The Morgan fingerprint density at radius 2 is 1.75 bits per heavy atom. The van der Waals surface area contributed by atoms with Crippen LogP contribution >= 0.6 is 0 Å². The first-order valence-electron chi connectivity index (χ1n) is 7.72. The number of phenols is 1. The highest BCUT2D eigenvalue weighted by Gasteiger charge is 2.24. The van der Waals surface area contributed by atoms with Crippen LogP contribution in [0.2, 0.25) is 0 Å². The minimum atomic E-state index is -0.509. The number of amides is 1. The Labute approximate surface area is 140 Å². The molecule has 3 aromatic rings. The van der Waals surface area contributed by atoms with E-state index < -0.39 is 6.04 Å². The monoisotopic (exact) mass is 321 g/mol. The van der Waals surface area contributed by atoms with E-state index in [2.05, 4.69) is 5.32 Å². The van der Waals surface area contributed by atoms with Gasteiger partial charge in [0.25, 0.3) is 0 Å². The molecule has 122 valence electrons. The fraction of sp³-hybridized carbons (Fsp3) is 0.150. The summed E-state index contributed by atoms with van der Waals surface area (Å²) in [4.78, 5) is 11.8. The molecule has 24 heavy (non-hydrogen) atoms. The van der Waals surface area contributed by atoms with Crippen molar-refractivity contribution in [2.24, 2.45) is 0 Å². The number of nitrogens with one attached hydrogen (secondary N) is 1. The molecular weight excluding hydrogens is 302 g/mol. The third-order valence-electron chi connectivity index (χ3n) is 4.03. The number of carbonyl (C=O) groups excluding carboxylic acids is 1. The number of hydrogen-bond acceptors (Lipinski definition) is 3. The minimum absolute atomic E-state index is 0.137. The standard InChI is InChI=1S/C20H19NO3/c1-13(22)21-20(16-9-5-6-10-18(16)24-2)19-15-8-4-3-7-14(15)11-12-17(19)23/h3-12,20,23H,1-2H3,(H,21,22)/t20-/m0/s1. The highest BCUT2D eigenvalue weighted by Crippen LogP contribution is 2.38. The Morgan fingerprint density at radius 3 is 2.50 bits per heavy atom. The van der Waals surface area contributed by atoms with E-state index >= 15 is 0 Å². The van der Waals surface area contributed by atoms with Crippen molar-refractivity contribution in [2.75, 3.05) is 7.11 Å². The van der Waals surface area contributed by atoms with Crippen molar-refractivity contribution in [2.45, 2.75) is 13.0 Å². The number of phenolic OH excluding ortho intramolecular Hbond substituents is 1. The van der Waals surface area contributed by atoms with Crippen LogP contribution in [-0.2, 0) is 4.79 Å². The molecule has 0 aliphatic carbocycles. The third kappa shape index (κ3) is 2.91. The Hall–Kier alpha value is -3.01. The second-order valence-electron chi connectivity index (χ2n) is 5.59. The predicted molar refractivity (Wildman–Crippen MR) is 94.3 cm³/mol. The maximum atomic E-state index is 11.8. The van der Waals surface area contributed by atoms with E-state index in [0.29, 0.717) is 11.3 Å². The molecule has 0 spiro atoms. The lowest BCUT2D eigenvalue weighted by molar-refractivity contribution is -0.119. The maximum absolute atomic E-state index is 11.8. The van der Waals surface area contributed by atoms with Crippen molar-refractivity contribution in [3.63, 3.8) is 0 Å². The van der Waals surface area contributed by atoms with Gasteiger partial charge < -0.3 is 15.2 Å². The molecule has 3 aromatic carbocycles. The van der Waals surface area contributed by atoms with Crippen molar-refractivity contribution in [3.8, 4) is 11.5 Å². The Morgan fingerprint density at radius 1 is 1.04 bits per heavy atom. The summed E-state index contributed by atoms with van der Waals surface area (Å²) in [7, 11) is 1.59. The van der Waals surface area contributed by atoms with Gasteiger partial charge in [0.05, 0.1) is 13.2 Å². The molecule has 0 aliphatic rings. The molecule has 0 radical (unpaired) electrons. The zero-order chi connectivity index (χ0) is 17.1. The number of benzene rings is 3. The summed E-state index contributed by atoms with van der Waals surface area (Å²) < 4.78 is 5.45. The highest BCUT2D eigenvalue weighted by molar-refractivity contribution is 5.89. The summed E-state index contributed by atoms with van der Waals surface area (Å²) in [6.45, 7) is 1.46. The summed E-state index contributed by atoms with van der Waals surface area (Å²) in [5.41, 5.74) is 1.45. The maximum Gasteiger partial charge on any atom is 0.217 e. The SMILES string of the molecule is COc1ccccc1[C@H](NC(C)=O)c1c(O)ccc2ccccc12. The Kier molecular flexibility index (Phi) is 4.38. The molecular formula is C20H19NO3. The average Bonchev–Trinajstić information content (AvgIpc) is 2.60.